The summed E-state index contributed by atoms with van der Waals surface area (Å²) in [5, 5.41) is 5.43. The summed E-state index contributed by atoms with van der Waals surface area (Å²) in [4.78, 5) is 23.4. The van der Waals surface area contributed by atoms with Crippen LogP contribution in [0.25, 0.3) is 0 Å². The minimum absolute atomic E-state index is 0.230. The number of nitrogens with two attached hydrogens (primary N) is 1. The van der Waals surface area contributed by atoms with Crippen molar-refractivity contribution in [3.8, 4) is 0 Å². The summed E-state index contributed by atoms with van der Waals surface area (Å²) in [6.45, 7) is 3.99. The quantitative estimate of drug-likeness (QED) is 0.722. The molecule has 0 bridgehead atoms. The molecule has 0 fully saturated rings. The van der Waals surface area contributed by atoms with Crippen molar-refractivity contribution in [1.29, 1.82) is 0 Å². The lowest BCUT2D eigenvalue weighted by Gasteiger charge is -2.19. The number of carbonyl (C=O) groups excluding carboxylic acids is 2. The molecule has 0 spiro atoms. The second kappa shape index (κ2) is 8.56. The number of primary amides is 1. The first-order chi connectivity index (χ1) is 9.99. The minimum atomic E-state index is -0.684. The molecule has 0 aliphatic rings. The molecule has 0 heterocycles. The van der Waals surface area contributed by atoms with Crippen LogP contribution in [0, 0.1) is 6.92 Å². The van der Waals surface area contributed by atoms with Gasteiger partial charge in [-0.3, -0.25) is 4.79 Å². The fourth-order valence-electron chi connectivity index (χ4n) is 2.09. The van der Waals surface area contributed by atoms with Gasteiger partial charge in [-0.05, 0) is 42.9 Å². The molecule has 0 saturated carbocycles. The van der Waals surface area contributed by atoms with Gasteiger partial charge in [-0.25, -0.2) is 4.79 Å². The number of benzene rings is 1. The van der Waals surface area contributed by atoms with Gasteiger partial charge in [-0.2, -0.15) is 11.8 Å². The third kappa shape index (κ3) is 5.30. The van der Waals surface area contributed by atoms with Gasteiger partial charge < -0.3 is 16.4 Å². The van der Waals surface area contributed by atoms with E-state index in [2.05, 4.69) is 10.6 Å². The van der Waals surface area contributed by atoms with Crippen LogP contribution in [-0.2, 0) is 11.2 Å². The van der Waals surface area contributed by atoms with Crippen LogP contribution in [-0.4, -0.2) is 30.0 Å². The predicted octanol–water partition coefficient (Wildman–Crippen LogP) is 2.29. The van der Waals surface area contributed by atoms with E-state index in [1.54, 1.807) is 11.8 Å². The summed E-state index contributed by atoms with van der Waals surface area (Å²) in [6.07, 6.45) is 3.33. The van der Waals surface area contributed by atoms with Gasteiger partial charge >= 0.3 is 6.03 Å². The Morgan fingerprint density at radius 1 is 1.38 bits per heavy atom. The highest BCUT2D eigenvalue weighted by molar-refractivity contribution is 7.98. The lowest BCUT2D eigenvalue weighted by molar-refractivity contribution is -0.118. The monoisotopic (exact) mass is 309 g/mol. The molecule has 0 unspecified atom stereocenters. The molecule has 1 rings (SSSR count). The average molecular weight is 309 g/mol. The van der Waals surface area contributed by atoms with Crippen molar-refractivity contribution in [3.63, 3.8) is 0 Å². The number of nitrogens with one attached hydrogen (secondary N) is 2. The number of urea groups is 1. The zero-order chi connectivity index (χ0) is 15.8. The summed E-state index contributed by atoms with van der Waals surface area (Å²) in [5.41, 5.74) is 8.05. The van der Waals surface area contributed by atoms with Crippen LogP contribution in [0.15, 0.2) is 18.2 Å². The second-order valence-electron chi connectivity index (χ2n) is 4.79. The lowest BCUT2D eigenvalue weighted by Crippen LogP contribution is -2.46. The molecular formula is C15H23N3O2S. The largest absolute Gasteiger partial charge is 0.352 e. The van der Waals surface area contributed by atoms with Gasteiger partial charge in [0.15, 0.2) is 0 Å². The van der Waals surface area contributed by atoms with E-state index in [0.29, 0.717) is 6.42 Å². The van der Waals surface area contributed by atoms with E-state index >= 15 is 0 Å². The zero-order valence-electron chi connectivity index (χ0n) is 12.7. The van der Waals surface area contributed by atoms with E-state index < -0.39 is 12.1 Å². The molecule has 116 valence electrons. The van der Waals surface area contributed by atoms with E-state index in [1.165, 1.54) is 0 Å². The first-order valence-corrected chi connectivity index (χ1v) is 8.33. The van der Waals surface area contributed by atoms with Crippen molar-refractivity contribution in [2.45, 2.75) is 32.7 Å². The first-order valence-electron chi connectivity index (χ1n) is 6.93. The molecule has 1 aromatic rings. The third-order valence-electron chi connectivity index (χ3n) is 3.23. The number of thioether (sulfide) groups is 1. The smallest absolute Gasteiger partial charge is 0.312 e. The highest BCUT2D eigenvalue weighted by Crippen LogP contribution is 2.21. The maximum atomic E-state index is 12.4. The number of carbonyl (C=O) groups is 2. The number of aryl methyl sites for hydroxylation is 2. The predicted molar refractivity (Wildman–Crippen MR) is 88.7 cm³/mol. The van der Waals surface area contributed by atoms with Crippen molar-refractivity contribution >= 4 is 29.4 Å². The molecule has 0 aliphatic heterocycles. The molecule has 1 atom stereocenters. The molecule has 3 amide bonds. The van der Waals surface area contributed by atoms with Crippen molar-refractivity contribution in [1.82, 2.24) is 5.32 Å². The topological polar surface area (TPSA) is 84.2 Å². The van der Waals surface area contributed by atoms with Crippen LogP contribution in [0.2, 0.25) is 0 Å². The number of hydrogen-bond donors (Lipinski definition) is 3. The summed E-state index contributed by atoms with van der Waals surface area (Å²) >= 11 is 1.62. The van der Waals surface area contributed by atoms with Crippen LogP contribution in [0.4, 0.5) is 10.5 Å². The molecule has 4 N–H and O–H groups in total. The van der Waals surface area contributed by atoms with E-state index in [-0.39, 0.29) is 5.91 Å². The summed E-state index contributed by atoms with van der Waals surface area (Å²) in [6, 6.07) is 4.61. The normalized spacial score (nSPS) is 11.8. The highest BCUT2D eigenvalue weighted by atomic mass is 32.2. The first kappa shape index (κ1) is 17.4. The SMILES string of the molecule is CCc1cccc(C)c1NC(=O)[C@H](CCSC)NC(N)=O. The molecule has 1 aromatic carbocycles. The van der Waals surface area contributed by atoms with Gasteiger partial charge in [0, 0.05) is 5.69 Å². The van der Waals surface area contributed by atoms with E-state index in [4.69, 9.17) is 5.73 Å². The number of rotatable bonds is 7. The Morgan fingerprint density at radius 3 is 2.67 bits per heavy atom. The van der Waals surface area contributed by atoms with Crippen molar-refractivity contribution in [3.05, 3.63) is 29.3 Å². The lowest BCUT2D eigenvalue weighted by atomic mass is 10.1. The number of para-hydroxylation sites is 1. The number of hydrogen-bond acceptors (Lipinski definition) is 3. The maximum Gasteiger partial charge on any atom is 0.312 e. The van der Waals surface area contributed by atoms with Crippen LogP contribution < -0.4 is 16.4 Å². The summed E-state index contributed by atoms with van der Waals surface area (Å²) in [7, 11) is 0. The number of amides is 3. The van der Waals surface area contributed by atoms with Crippen LogP contribution in [0.3, 0.4) is 0 Å². The second-order valence-corrected chi connectivity index (χ2v) is 5.78. The van der Waals surface area contributed by atoms with Crippen LogP contribution in [0.5, 0.6) is 0 Å². The maximum absolute atomic E-state index is 12.4. The Kier molecular flexibility index (Phi) is 7.08. The molecule has 0 aliphatic carbocycles. The Bertz CT molecular complexity index is 506. The standard InChI is InChI=1S/C15H23N3O2S/c1-4-11-7-5-6-10(2)13(11)18-14(19)12(8-9-21-3)17-15(16)20/h5-7,12H,4,8-9H2,1-3H3,(H,18,19)(H3,16,17,20)/t12-/m0/s1. The Morgan fingerprint density at radius 2 is 2.10 bits per heavy atom. The fraction of sp³-hybridized carbons (Fsp3) is 0.467. The molecule has 21 heavy (non-hydrogen) atoms. The Labute approximate surface area is 130 Å². The van der Waals surface area contributed by atoms with E-state index in [1.807, 2.05) is 38.3 Å². The van der Waals surface area contributed by atoms with Gasteiger partial charge in [0.05, 0.1) is 0 Å². The van der Waals surface area contributed by atoms with Crippen LogP contribution in [0.1, 0.15) is 24.5 Å². The van der Waals surface area contributed by atoms with Crippen molar-refractivity contribution < 1.29 is 9.59 Å². The molecule has 0 aromatic heterocycles. The molecule has 0 radical (unpaired) electrons. The number of anilines is 1. The van der Waals surface area contributed by atoms with Gasteiger partial charge in [-0.15, -0.1) is 0 Å². The molecular weight excluding hydrogens is 286 g/mol. The van der Waals surface area contributed by atoms with Gasteiger partial charge in [-0.1, -0.05) is 25.1 Å². The van der Waals surface area contributed by atoms with Gasteiger partial charge in [0.25, 0.3) is 0 Å². The van der Waals surface area contributed by atoms with Gasteiger partial charge in [0.2, 0.25) is 5.91 Å². The van der Waals surface area contributed by atoms with Crippen molar-refractivity contribution in [2.75, 3.05) is 17.3 Å². The van der Waals surface area contributed by atoms with E-state index in [0.717, 1.165) is 29.0 Å². The average Bonchev–Trinajstić information content (AvgIpc) is 2.45. The fourth-order valence-corrected chi connectivity index (χ4v) is 2.56. The third-order valence-corrected chi connectivity index (χ3v) is 3.88. The molecule has 0 saturated heterocycles. The minimum Gasteiger partial charge on any atom is -0.352 e. The highest BCUT2D eigenvalue weighted by Gasteiger charge is 2.20. The van der Waals surface area contributed by atoms with Gasteiger partial charge in [0.1, 0.15) is 6.04 Å². The Balaban J connectivity index is 2.88. The van der Waals surface area contributed by atoms with Crippen molar-refractivity contribution in [2.24, 2.45) is 5.73 Å². The summed E-state index contributed by atoms with van der Waals surface area (Å²) in [5.74, 6) is 0.541. The Hall–Kier alpha value is -1.69. The summed E-state index contributed by atoms with van der Waals surface area (Å²) < 4.78 is 0. The zero-order valence-corrected chi connectivity index (χ0v) is 13.5. The molecule has 5 nitrogen and oxygen atoms in total. The van der Waals surface area contributed by atoms with Crippen LogP contribution >= 0.6 is 11.8 Å². The molecule has 6 heteroatoms. The van der Waals surface area contributed by atoms with E-state index in [9.17, 15) is 9.59 Å².